The topological polar surface area (TPSA) is 119 Å². The number of amides is 2. The minimum atomic E-state index is -1.52. The van der Waals surface area contributed by atoms with Crippen molar-refractivity contribution in [2.24, 2.45) is 5.92 Å². The molecule has 0 bridgehead atoms. The van der Waals surface area contributed by atoms with E-state index in [9.17, 15) is 24.6 Å². The Kier molecular flexibility index (Phi) is 8.14. The van der Waals surface area contributed by atoms with Crippen LogP contribution >= 0.6 is 11.8 Å². The van der Waals surface area contributed by atoms with E-state index in [1.807, 2.05) is 6.92 Å². The Morgan fingerprint density at radius 2 is 2.00 bits per heavy atom. The molecule has 1 saturated heterocycles. The number of carboxylic acids is 1. The molecule has 2 aliphatic rings. The predicted octanol–water partition coefficient (Wildman–Crippen LogP) is -2.96. The zero-order valence-electron chi connectivity index (χ0n) is 15.8. The molecule has 1 fully saturated rings. The van der Waals surface area contributed by atoms with E-state index in [1.165, 1.54) is 6.92 Å². The molecule has 0 aliphatic carbocycles. The summed E-state index contributed by atoms with van der Waals surface area (Å²) in [6.07, 6.45) is -0.0664. The molecule has 0 aromatic heterocycles. The number of rotatable bonds is 7. The number of aliphatic hydroxyl groups is 1. The third kappa shape index (κ3) is 4.48. The number of aliphatic hydroxyl groups excluding tert-OH is 1. The van der Waals surface area contributed by atoms with Gasteiger partial charge in [-0.3, -0.25) is 14.5 Å². The number of hydrogen-bond acceptors (Lipinski definition) is 7. The molecule has 3 atom stereocenters. The minimum absolute atomic E-state index is 0. The molecule has 1 aromatic rings. The standard InChI is InChI=1S/C18H20N2O6S.K/c1-3-8-19-14(22)10-4-6-11(7-5-10)26-18-13(17(24)25)20-15(23)12(9(2)21)16(20)27-18;/h4-7,9,12,16,21H,3,8H2,1-2H3,(H,19,22)(H,24,25);/q;+1/p-1/t9-,12+,16-;/m1./s1. The van der Waals surface area contributed by atoms with Crippen LogP contribution in [0.3, 0.4) is 0 Å². The van der Waals surface area contributed by atoms with Crippen molar-refractivity contribution < 1.29 is 80.7 Å². The van der Waals surface area contributed by atoms with Crippen molar-refractivity contribution in [1.82, 2.24) is 10.2 Å². The molecule has 0 radical (unpaired) electrons. The summed E-state index contributed by atoms with van der Waals surface area (Å²) in [6.45, 7) is 4.01. The molecule has 0 spiro atoms. The summed E-state index contributed by atoms with van der Waals surface area (Å²) in [5.41, 5.74) is 0.119. The Labute approximate surface area is 209 Å². The Morgan fingerprint density at radius 3 is 2.54 bits per heavy atom. The molecule has 10 heteroatoms. The second-order valence-electron chi connectivity index (χ2n) is 6.29. The second-order valence-corrected chi connectivity index (χ2v) is 7.38. The molecule has 8 nitrogen and oxygen atoms in total. The van der Waals surface area contributed by atoms with Crippen LogP contribution in [0, 0.1) is 5.92 Å². The summed E-state index contributed by atoms with van der Waals surface area (Å²) in [5, 5.41) is 23.5. The number of carbonyl (C=O) groups excluding carboxylic acids is 3. The fourth-order valence-corrected chi connectivity index (χ4v) is 4.40. The molecule has 3 rings (SSSR count). The summed E-state index contributed by atoms with van der Waals surface area (Å²) >= 11 is 1.06. The molecule has 2 N–H and O–H groups in total. The fourth-order valence-electron chi connectivity index (χ4n) is 2.93. The quantitative estimate of drug-likeness (QED) is 0.350. The van der Waals surface area contributed by atoms with Crippen LogP contribution in [-0.2, 0) is 9.59 Å². The van der Waals surface area contributed by atoms with E-state index in [2.05, 4.69) is 5.32 Å². The largest absolute Gasteiger partial charge is 1.00 e. The molecule has 1 aromatic carbocycles. The number of nitrogens with one attached hydrogen (secondary N) is 1. The van der Waals surface area contributed by atoms with Crippen molar-refractivity contribution >= 4 is 29.5 Å². The van der Waals surface area contributed by atoms with Gasteiger partial charge in [0.15, 0.2) is 5.09 Å². The molecule has 0 saturated carbocycles. The number of thioether (sulfide) groups is 1. The van der Waals surface area contributed by atoms with E-state index < -0.39 is 29.3 Å². The van der Waals surface area contributed by atoms with Crippen molar-refractivity contribution in [2.45, 2.75) is 31.7 Å². The van der Waals surface area contributed by atoms with Gasteiger partial charge in [0.2, 0.25) is 5.91 Å². The molecule has 0 unspecified atom stereocenters. The number of hydrogen-bond donors (Lipinski definition) is 2. The average Bonchev–Trinajstić information content (AvgIpc) is 2.94. The summed E-state index contributed by atoms with van der Waals surface area (Å²) < 4.78 is 5.64. The summed E-state index contributed by atoms with van der Waals surface area (Å²) in [4.78, 5) is 36.6. The first-order chi connectivity index (χ1) is 12.8. The number of carboxylic acid groups (broad SMARTS) is 1. The first kappa shape index (κ1) is 23.4. The third-order valence-electron chi connectivity index (χ3n) is 4.32. The smallest absolute Gasteiger partial charge is 0.543 e. The number of ether oxygens (including phenoxy) is 1. The molecule has 2 heterocycles. The van der Waals surface area contributed by atoms with Crippen molar-refractivity contribution in [3.05, 3.63) is 40.6 Å². The van der Waals surface area contributed by atoms with Gasteiger partial charge in [-0.1, -0.05) is 18.7 Å². The maximum Gasteiger partial charge on any atom is 1.00 e. The normalized spacial score (nSPS) is 21.4. The fraction of sp³-hybridized carbons (Fsp3) is 0.389. The average molecular weight is 431 g/mol. The van der Waals surface area contributed by atoms with Crippen LogP contribution in [0.4, 0.5) is 0 Å². The van der Waals surface area contributed by atoms with E-state index in [-0.39, 0.29) is 68.1 Å². The number of aliphatic carboxylic acids is 1. The maximum atomic E-state index is 12.1. The van der Waals surface area contributed by atoms with Gasteiger partial charge in [-0.15, -0.1) is 0 Å². The first-order valence-electron chi connectivity index (χ1n) is 8.54. The van der Waals surface area contributed by atoms with Crippen LogP contribution in [0.5, 0.6) is 5.75 Å². The van der Waals surface area contributed by atoms with Gasteiger partial charge in [0, 0.05) is 12.1 Å². The monoisotopic (exact) mass is 430 g/mol. The van der Waals surface area contributed by atoms with Gasteiger partial charge >= 0.3 is 51.4 Å². The number of nitrogens with zero attached hydrogens (tertiary/aromatic N) is 1. The number of β-lactam (4-membered cyclic amide) rings is 1. The van der Waals surface area contributed by atoms with E-state index in [4.69, 9.17) is 4.74 Å². The van der Waals surface area contributed by atoms with Crippen molar-refractivity contribution in [1.29, 1.82) is 0 Å². The molecule has 144 valence electrons. The van der Waals surface area contributed by atoms with Crippen molar-refractivity contribution in [2.75, 3.05) is 6.54 Å². The summed E-state index contributed by atoms with van der Waals surface area (Å²) in [5.74, 6) is -2.55. The first-order valence-corrected chi connectivity index (χ1v) is 9.42. The van der Waals surface area contributed by atoms with Gasteiger partial charge in [0.05, 0.1) is 18.0 Å². The molecule has 2 amide bonds. The van der Waals surface area contributed by atoms with Crippen LogP contribution in [-0.4, -0.2) is 45.8 Å². The molecule has 28 heavy (non-hydrogen) atoms. The summed E-state index contributed by atoms with van der Waals surface area (Å²) in [6, 6.07) is 6.23. The van der Waals surface area contributed by atoms with Crippen LogP contribution in [0.25, 0.3) is 0 Å². The summed E-state index contributed by atoms with van der Waals surface area (Å²) in [7, 11) is 0. The zero-order chi connectivity index (χ0) is 19.7. The number of carbonyl (C=O) groups is 3. The van der Waals surface area contributed by atoms with Crippen molar-refractivity contribution in [3.8, 4) is 5.75 Å². The van der Waals surface area contributed by atoms with Gasteiger partial charge in [-0.2, -0.15) is 0 Å². The number of benzene rings is 1. The van der Waals surface area contributed by atoms with E-state index in [1.54, 1.807) is 24.3 Å². The maximum absolute atomic E-state index is 12.1. The Balaban J connectivity index is 0.00000280. The van der Waals surface area contributed by atoms with Crippen LogP contribution < -0.4 is 66.5 Å². The minimum Gasteiger partial charge on any atom is -0.543 e. The molecule has 2 aliphatic heterocycles. The molecular weight excluding hydrogens is 411 g/mol. The Morgan fingerprint density at radius 1 is 1.36 bits per heavy atom. The third-order valence-corrected chi connectivity index (χ3v) is 5.56. The van der Waals surface area contributed by atoms with Crippen LogP contribution in [0.2, 0.25) is 0 Å². The predicted molar refractivity (Wildman–Crippen MR) is 95.1 cm³/mol. The zero-order valence-corrected chi connectivity index (χ0v) is 19.7. The SMILES string of the molecule is CCCNC(=O)c1ccc(OC2=C(C(=O)[O-])N3C(=O)[C@H]([C@@H](C)O)[C@H]3S2)cc1.[K+]. The van der Waals surface area contributed by atoms with E-state index >= 15 is 0 Å². The van der Waals surface area contributed by atoms with Crippen LogP contribution in [0.15, 0.2) is 35.1 Å². The van der Waals surface area contributed by atoms with Gasteiger partial charge in [0.25, 0.3) is 5.91 Å². The van der Waals surface area contributed by atoms with Gasteiger partial charge < -0.3 is 25.1 Å². The van der Waals surface area contributed by atoms with Gasteiger partial charge in [0.1, 0.15) is 16.8 Å². The van der Waals surface area contributed by atoms with Gasteiger partial charge in [-0.05, 0) is 37.6 Å². The number of fused-ring (bicyclic) bond motifs is 1. The van der Waals surface area contributed by atoms with E-state index in [0.29, 0.717) is 17.9 Å². The Hall–Kier alpha value is -0.884. The molecular formula is C18H19KN2O6S. The van der Waals surface area contributed by atoms with E-state index in [0.717, 1.165) is 23.1 Å². The Bertz CT molecular complexity index is 811. The van der Waals surface area contributed by atoms with Gasteiger partial charge in [-0.25, -0.2) is 0 Å². The second kappa shape index (κ2) is 9.75. The van der Waals surface area contributed by atoms with Crippen molar-refractivity contribution in [3.63, 3.8) is 0 Å². The van der Waals surface area contributed by atoms with Crippen LogP contribution in [0.1, 0.15) is 30.6 Å².